The molecule has 5 heteroatoms. The molecule has 1 aromatic carbocycles. The smallest absolute Gasteiger partial charge is 0.151 e. The van der Waals surface area contributed by atoms with Crippen LogP contribution in [0.3, 0.4) is 0 Å². The van der Waals surface area contributed by atoms with Gasteiger partial charge in [-0.1, -0.05) is 12.1 Å². The number of ether oxygens (including phenoxy) is 1. The number of aryl methyl sites for hydroxylation is 2. The number of methoxy groups -OCH3 is 1. The number of nitrogens with one attached hydrogen (secondary N) is 1. The van der Waals surface area contributed by atoms with Gasteiger partial charge in [-0.2, -0.15) is 0 Å². The van der Waals surface area contributed by atoms with Gasteiger partial charge in [0.25, 0.3) is 0 Å². The summed E-state index contributed by atoms with van der Waals surface area (Å²) in [5.74, 6) is 1.93. The van der Waals surface area contributed by atoms with E-state index in [4.69, 9.17) is 4.74 Å². The highest BCUT2D eigenvalue weighted by Gasteiger charge is 2.20. The van der Waals surface area contributed by atoms with Gasteiger partial charge < -0.3 is 20.1 Å². The number of pyridine rings is 1. The lowest BCUT2D eigenvalue weighted by atomic mass is 10.1. The fourth-order valence-corrected chi connectivity index (χ4v) is 3.53. The van der Waals surface area contributed by atoms with Crippen LogP contribution in [0.1, 0.15) is 29.5 Å². The van der Waals surface area contributed by atoms with Gasteiger partial charge >= 0.3 is 0 Å². The summed E-state index contributed by atoms with van der Waals surface area (Å²) in [6, 6.07) is 8.34. The first kappa shape index (κ1) is 17.5. The van der Waals surface area contributed by atoms with E-state index in [0.717, 1.165) is 60.9 Å². The van der Waals surface area contributed by atoms with Gasteiger partial charge in [-0.25, -0.2) is 4.98 Å². The second-order valence-corrected chi connectivity index (χ2v) is 6.71. The number of rotatable bonds is 5. The van der Waals surface area contributed by atoms with Crippen molar-refractivity contribution < 1.29 is 9.84 Å². The Morgan fingerprint density at radius 2 is 1.92 bits per heavy atom. The van der Waals surface area contributed by atoms with Gasteiger partial charge in [0.15, 0.2) is 5.82 Å². The summed E-state index contributed by atoms with van der Waals surface area (Å²) >= 11 is 0. The lowest BCUT2D eigenvalue weighted by Gasteiger charge is -2.31. The van der Waals surface area contributed by atoms with Gasteiger partial charge in [0.1, 0.15) is 5.75 Å². The molecule has 0 atom stereocenters. The molecule has 1 saturated heterocycles. The minimum absolute atomic E-state index is 0.179. The lowest BCUT2D eigenvalue weighted by Crippen LogP contribution is -2.36. The first-order valence-corrected chi connectivity index (χ1v) is 8.84. The fraction of sp³-hybridized carbons (Fsp3) is 0.450. The summed E-state index contributed by atoms with van der Waals surface area (Å²) in [7, 11) is 1.71. The number of aromatic nitrogens is 1. The van der Waals surface area contributed by atoms with Gasteiger partial charge in [0.05, 0.1) is 18.9 Å². The molecule has 0 spiro atoms. The maximum absolute atomic E-state index is 9.72. The van der Waals surface area contributed by atoms with Crippen LogP contribution in [0.15, 0.2) is 30.5 Å². The van der Waals surface area contributed by atoms with Crippen molar-refractivity contribution in [3.05, 3.63) is 47.2 Å². The van der Waals surface area contributed by atoms with Gasteiger partial charge in [-0.15, -0.1) is 0 Å². The van der Waals surface area contributed by atoms with Gasteiger partial charge in [0.2, 0.25) is 0 Å². The minimum Gasteiger partial charge on any atom is -0.496 e. The Bertz CT molecular complexity index is 702. The van der Waals surface area contributed by atoms with E-state index in [0.29, 0.717) is 0 Å². The number of benzene rings is 1. The SMILES string of the molecule is COc1c(C)cc(CNc2cccnc2N2CCC(O)CC2)cc1C. The average Bonchev–Trinajstić information content (AvgIpc) is 2.61. The van der Waals surface area contributed by atoms with Crippen LogP contribution < -0.4 is 15.0 Å². The molecule has 0 bridgehead atoms. The highest BCUT2D eigenvalue weighted by Crippen LogP contribution is 2.28. The molecular formula is C20H27N3O2. The average molecular weight is 341 g/mol. The van der Waals surface area contributed by atoms with E-state index in [1.807, 2.05) is 12.3 Å². The monoisotopic (exact) mass is 341 g/mol. The summed E-state index contributed by atoms with van der Waals surface area (Å²) in [4.78, 5) is 6.81. The van der Waals surface area contributed by atoms with Crippen molar-refractivity contribution in [1.29, 1.82) is 0 Å². The van der Waals surface area contributed by atoms with Gasteiger partial charge in [-0.05, 0) is 55.5 Å². The molecule has 1 aliphatic rings. The molecule has 3 rings (SSSR count). The Labute approximate surface area is 149 Å². The van der Waals surface area contributed by atoms with Crippen molar-refractivity contribution >= 4 is 11.5 Å². The Hall–Kier alpha value is -2.27. The molecule has 25 heavy (non-hydrogen) atoms. The maximum atomic E-state index is 9.72. The lowest BCUT2D eigenvalue weighted by molar-refractivity contribution is 0.145. The van der Waals surface area contributed by atoms with Crippen molar-refractivity contribution in [1.82, 2.24) is 4.98 Å². The molecule has 2 aromatic rings. The van der Waals surface area contributed by atoms with Crippen molar-refractivity contribution in [2.75, 3.05) is 30.4 Å². The van der Waals surface area contributed by atoms with Crippen LogP contribution in [0.2, 0.25) is 0 Å². The number of anilines is 2. The maximum Gasteiger partial charge on any atom is 0.151 e. The predicted octanol–water partition coefficient (Wildman–Crippen LogP) is 3.28. The fourth-order valence-electron chi connectivity index (χ4n) is 3.53. The van der Waals surface area contributed by atoms with Crippen LogP contribution in [-0.2, 0) is 6.54 Å². The largest absolute Gasteiger partial charge is 0.496 e. The van der Waals surface area contributed by atoms with E-state index in [2.05, 4.69) is 47.2 Å². The molecule has 2 N–H and O–H groups in total. The molecule has 1 fully saturated rings. The molecule has 5 nitrogen and oxygen atoms in total. The number of hydrogen-bond donors (Lipinski definition) is 2. The number of aliphatic hydroxyl groups excluding tert-OH is 1. The zero-order valence-corrected chi connectivity index (χ0v) is 15.2. The van der Waals surface area contributed by atoms with E-state index in [1.54, 1.807) is 7.11 Å². The summed E-state index contributed by atoms with van der Waals surface area (Å²) in [6.07, 6.45) is 3.24. The highest BCUT2D eigenvalue weighted by atomic mass is 16.5. The first-order valence-electron chi connectivity index (χ1n) is 8.84. The van der Waals surface area contributed by atoms with Gasteiger partial charge in [-0.3, -0.25) is 0 Å². The van der Waals surface area contributed by atoms with E-state index < -0.39 is 0 Å². The van der Waals surface area contributed by atoms with Crippen molar-refractivity contribution in [2.45, 2.75) is 39.3 Å². The number of nitrogens with zero attached hydrogens (tertiary/aromatic N) is 2. The minimum atomic E-state index is -0.179. The van der Waals surface area contributed by atoms with Gasteiger partial charge in [0, 0.05) is 25.8 Å². The molecule has 0 saturated carbocycles. The Kier molecular flexibility index (Phi) is 5.43. The Morgan fingerprint density at radius 3 is 2.56 bits per heavy atom. The van der Waals surface area contributed by atoms with Crippen molar-refractivity contribution in [2.24, 2.45) is 0 Å². The third-order valence-electron chi connectivity index (χ3n) is 4.76. The molecule has 0 radical (unpaired) electrons. The molecule has 1 aliphatic heterocycles. The third-order valence-corrected chi connectivity index (χ3v) is 4.76. The number of hydrogen-bond acceptors (Lipinski definition) is 5. The van der Waals surface area contributed by atoms with Crippen LogP contribution in [0, 0.1) is 13.8 Å². The zero-order chi connectivity index (χ0) is 17.8. The van der Waals surface area contributed by atoms with Crippen LogP contribution in [0.25, 0.3) is 0 Å². The standard InChI is InChI=1S/C20H27N3O2/c1-14-11-16(12-15(2)19(14)25-3)13-22-18-5-4-8-21-20(18)23-9-6-17(24)7-10-23/h4-5,8,11-12,17,22,24H,6-7,9-10,13H2,1-3H3. The van der Waals surface area contributed by atoms with Crippen molar-refractivity contribution in [3.8, 4) is 5.75 Å². The van der Waals surface area contributed by atoms with Crippen LogP contribution in [0.4, 0.5) is 11.5 Å². The second kappa shape index (κ2) is 7.74. The van der Waals surface area contributed by atoms with E-state index >= 15 is 0 Å². The second-order valence-electron chi connectivity index (χ2n) is 6.71. The first-order chi connectivity index (χ1) is 12.1. The van der Waals surface area contributed by atoms with E-state index in [9.17, 15) is 5.11 Å². The number of aliphatic hydroxyl groups is 1. The highest BCUT2D eigenvalue weighted by molar-refractivity contribution is 5.65. The molecule has 0 amide bonds. The summed E-state index contributed by atoms with van der Waals surface area (Å²) < 4.78 is 5.44. The Balaban J connectivity index is 1.74. The molecule has 134 valence electrons. The summed E-state index contributed by atoms with van der Waals surface area (Å²) in [5, 5.41) is 13.2. The van der Waals surface area contributed by atoms with Crippen LogP contribution in [0.5, 0.6) is 5.75 Å². The molecular weight excluding hydrogens is 314 g/mol. The normalized spacial score (nSPS) is 15.3. The van der Waals surface area contributed by atoms with E-state index in [-0.39, 0.29) is 6.10 Å². The molecule has 0 unspecified atom stereocenters. The summed E-state index contributed by atoms with van der Waals surface area (Å²) in [5.41, 5.74) is 4.55. The van der Waals surface area contributed by atoms with Crippen molar-refractivity contribution in [3.63, 3.8) is 0 Å². The van der Waals surface area contributed by atoms with Crippen LogP contribution in [-0.4, -0.2) is 36.4 Å². The van der Waals surface area contributed by atoms with Crippen LogP contribution >= 0.6 is 0 Å². The molecule has 0 aliphatic carbocycles. The zero-order valence-electron chi connectivity index (χ0n) is 15.2. The third kappa shape index (κ3) is 4.04. The topological polar surface area (TPSA) is 57.6 Å². The predicted molar refractivity (Wildman–Crippen MR) is 101 cm³/mol. The number of piperidine rings is 1. The Morgan fingerprint density at radius 1 is 1.24 bits per heavy atom. The molecule has 1 aromatic heterocycles. The molecule has 2 heterocycles. The quantitative estimate of drug-likeness (QED) is 0.874. The summed E-state index contributed by atoms with van der Waals surface area (Å²) in [6.45, 7) is 6.57. The van der Waals surface area contributed by atoms with E-state index in [1.165, 1.54) is 5.56 Å².